The van der Waals surface area contributed by atoms with Gasteiger partial charge < -0.3 is 9.47 Å². The van der Waals surface area contributed by atoms with Crippen LogP contribution >= 0.6 is 11.3 Å². The van der Waals surface area contributed by atoms with Crippen molar-refractivity contribution in [3.63, 3.8) is 0 Å². The van der Waals surface area contributed by atoms with E-state index in [0.717, 1.165) is 5.56 Å². The van der Waals surface area contributed by atoms with Crippen molar-refractivity contribution in [2.75, 3.05) is 13.7 Å². The van der Waals surface area contributed by atoms with Gasteiger partial charge in [-0.1, -0.05) is 72.0 Å². The van der Waals surface area contributed by atoms with E-state index in [1.807, 2.05) is 66.7 Å². The summed E-state index contributed by atoms with van der Waals surface area (Å²) in [4.78, 5) is 31.6. The Balaban J connectivity index is 1.90. The van der Waals surface area contributed by atoms with Crippen molar-refractivity contribution in [1.82, 2.24) is 4.57 Å². The SMILES string of the molecule is CCOC(=O)C1=C(C)N=c2s/c(=C\C=C/c3ccccc3)c(=O)n2[C@@H]1c1ccccc1OC. The average molecular weight is 461 g/mol. The molecule has 1 aromatic heterocycles. The first-order valence-corrected chi connectivity index (χ1v) is 11.4. The maximum Gasteiger partial charge on any atom is 0.338 e. The summed E-state index contributed by atoms with van der Waals surface area (Å²) in [6, 6.07) is 16.5. The Morgan fingerprint density at radius 1 is 1.15 bits per heavy atom. The van der Waals surface area contributed by atoms with E-state index in [1.165, 1.54) is 11.3 Å². The molecular weight excluding hydrogens is 436 g/mol. The van der Waals surface area contributed by atoms with E-state index in [9.17, 15) is 9.59 Å². The number of allylic oxidation sites excluding steroid dienone is 2. The monoisotopic (exact) mass is 460 g/mol. The molecular formula is C26H24N2O4S. The Bertz CT molecular complexity index is 1410. The zero-order chi connectivity index (χ0) is 23.4. The summed E-state index contributed by atoms with van der Waals surface area (Å²) in [5.41, 5.74) is 2.37. The van der Waals surface area contributed by atoms with Crippen molar-refractivity contribution in [2.24, 2.45) is 4.99 Å². The van der Waals surface area contributed by atoms with Gasteiger partial charge in [0.05, 0.1) is 29.5 Å². The number of ether oxygens (including phenoxy) is 2. The number of rotatable bonds is 6. The van der Waals surface area contributed by atoms with Gasteiger partial charge in [0.25, 0.3) is 5.56 Å². The predicted molar refractivity (Wildman–Crippen MR) is 130 cm³/mol. The third kappa shape index (κ3) is 4.45. The smallest absolute Gasteiger partial charge is 0.338 e. The van der Waals surface area contributed by atoms with Crippen LogP contribution in [0.25, 0.3) is 12.2 Å². The van der Waals surface area contributed by atoms with Crippen molar-refractivity contribution in [3.05, 3.63) is 103 Å². The van der Waals surface area contributed by atoms with Crippen LogP contribution in [-0.4, -0.2) is 24.3 Å². The Kier molecular flexibility index (Phi) is 6.70. The number of benzene rings is 2. The molecule has 0 fully saturated rings. The summed E-state index contributed by atoms with van der Waals surface area (Å²) in [6.07, 6.45) is 5.56. The highest BCUT2D eigenvalue weighted by molar-refractivity contribution is 7.07. The van der Waals surface area contributed by atoms with Gasteiger partial charge in [0.15, 0.2) is 4.80 Å². The van der Waals surface area contributed by atoms with Crippen LogP contribution in [0, 0.1) is 0 Å². The molecule has 0 saturated heterocycles. The Hall–Kier alpha value is -3.71. The van der Waals surface area contributed by atoms with Crippen LogP contribution in [0.15, 0.2) is 81.7 Å². The Morgan fingerprint density at radius 3 is 2.61 bits per heavy atom. The van der Waals surface area contributed by atoms with Crippen LogP contribution in [0.1, 0.15) is 31.0 Å². The topological polar surface area (TPSA) is 69.9 Å². The van der Waals surface area contributed by atoms with Crippen LogP contribution in [0.4, 0.5) is 0 Å². The molecule has 168 valence electrons. The number of thiazole rings is 1. The minimum atomic E-state index is -0.697. The van der Waals surface area contributed by atoms with E-state index in [0.29, 0.717) is 31.9 Å². The van der Waals surface area contributed by atoms with Gasteiger partial charge in [-0.05, 0) is 31.6 Å². The van der Waals surface area contributed by atoms with Gasteiger partial charge in [0.1, 0.15) is 11.8 Å². The molecule has 1 aliphatic heterocycles. The number of nitrogens with zero attached hydrogens (tertiary/aromatic N) is 2. The van der Waals surface area contributed by atoms with Gasteiger partial charge in [-0.2, -0.15) is 0 Å². The predicted octanol–water partition coefficient (Wildman–Crippen LogP) is 3.47. The van der Waals surface area contributed by atoms with Gasteiger partial charge in [-0.15, -0.1) is 0 Å². The molecule has 0 N–H and O–H groups in total. The summed E-state index contributed by atoms with van der Waals surface area (Å²) in [7, 11) is 1.57. The van der Waals surface area contributed by atoms with E-state index in [1.54, 1.807) is 31.6 Å². The molecule has 2 aromatic carbocycles. The standard InChI is InChI=1S/C26H24N2O4S/c1-4-32-25(30)22-17(2)27-26-28(23(22)19-14-8-9-15-20(19)31-3)24(29)21(33-26)16-10-13-18-11-6-5-7-12-18/h5-16,23H,4H2,1-3H3/b13-10-,21-16-/t23-/m1/s1. The lowest BCUT2D eigenvalue weighted by molar-refractivity contribution is -0.139. The fourth-order valence-corrected chi connectivity index (χ4v) is 4.80. The first kappa shape index (κ1) is 22.5. The molecule has 0 unspecified atom stereocenters. The summed E-state index contributed by atoms with van der Waals surface area (Å²) in [5, 5.41) is 0. The zero-order valence-corrected chi connectivity index (χ0v) is 19.5. The van der Waals surface area contributed by atoms with E-state index in [2.05, 4.69) is 4.99 Å². The summed E-state index contributed by atoms with van der Waals surface area (Å²) >= 11 is 1.29. The van der Waals surface area contributed by atoms with Crippen molar-refractivity contribution < 1.29 is 14.3 Å². The molecule has 0 radical (unpaired) electrons. The lowest BCUT2D eigenvalue weighted by Gasteiger charge is -2.25. The lowest BCUT2D eigenvalue weighted by atomic mass is 9.95. The molecule has 7 heteroatoms. The molecule has 33 heavy (non-hydrogen) atoms. The molecule has 6 nitrogen and oxygen atoms in total. The van der Waals surface area contributed by atoms with Gasteiger partial charge in [0.2, 0.25) is 0 Å². The summed E-state index contributed by atoms with van der Waals surface area (Å²) in [6.45, 7) is 3.74. The highest BCUT2D eigenvalue weighted by Crippen LogP contribution is 2.35. The second-order valence-corrected chi connectivity index (χ2v) is 8.35. The van der Waals surface area contributed by atoms with Gasteiger partial charge in [-0.3, -0.25) is 9.36 Å². The van der Waals surface area contributed by atoms with Crippen LogP contribution in [0.5, 0.6) is 5.75 Å². The number of methoxy groups -OCH3 is 1. The second-order valence-electron chi connectivity index (χ2n) is 7.34. The summed E-state index contributed by atoms with van der Waals surface area (Å²) < 4.78 is 13.0. The molecule has 0 saturated carbocycles. The van der Waals surface area contributed by atoms with Crippen molar-refractivity contribution in [3.8, 4) is 5.75 Å². The largest absolute Gasteiger partial charge is 0.496 e. The number of hydrogen-bond acceptors (Lipinski definition) is 6. The molecule has 0 bridgehead atoms. The Morgan fingerprint density at radius 2 is 1.88 bits per heavy atom. The van der Waals surface area contributed by atoms with E-state index in [4.69, 9.17) is 9.47 Å². The molecule has 2 heterocycles. The number of fused-ring (bicyclic) bond motifs is 1. The zero-order valence-electron chi connectivity index (χ0n) is 18.6. The number of aromatic nitrogens is 1. The molecule has 0 aliphatic carbocycles. The quantitative estimate of drug-likeness (QED) is 0.528. The van der Waals surface area contributed by atoms with Gasteiger partial charge >= 0.3 is 5.97 Å². The molecule has 1 aliphatic rings. The van der Waals surface area contributed by atoms with Crippen LogP contribution in [0.2, 0.25) is 0 Å². The fourth-order valence-electron chi connectivity index (χ4n) is 3.80. The number of para-hydroxylation sites is 1. The minimum absolute atomic E-state index is 0.221. The third-order valence-corrected chi connectivity index (χ3v) is 6.29. The third-order valence-electron chi connectivity index (χ3n) is 5.29. The Labute approximate surface area is 195 Å². The van der Waals surface area contributed by atoms with E-state index in [-0.39, 0.29) is 12.2 Å². The molecule has 1 atom stereocenters. The number of carbonyl (C=O) groups excluding carboxylic acids is 1. The average Bonchev–Trinajstić information content (AvgIpc) is 3.13. The molecule has 4 rings (SSSR count). The highest BCUT2D eigenvalue weighted by Gasteiger charge is 2.34. The number of esters is 1. The highest BCUT2D eigenvalue weighted by atomic mass is 32.1. The summed E-state index contributed by atoms with van der Waals surface area (Å²) in [5.74, 6) is 0.0884. The van der Waals surface area contributed by atoms with E-state index < -0.39 is 12.0 Å². The van der Waals surface area contributed by atoms with Crippen molar-refractivity contribution >= 4 is 29.5 Å². The fraction of sp³-hybridized carbons (Fsp3) is 0.192. The van der Waals surface area contributed by atoms with Gasteiger partial charge in [0, 0.05) is 5.56 Å². The maximum atomic E-state index is 13.5. The van der Waals surface area contributed by atoms with Crippen molar-refractivity contribution in [2.45, 2.75) is 19.9 Å². The van der Waals surface area contributed by atoms with Crippen LogP contribution in [0.3, 0.4) is 0 Å². The molecule has 0 amide bonds. The van der Waals surface area contributed by atoms with Crippen molar-refractivity contribution in [1.29, 1.82) is 0 Å². The number of hydrogen-bond donors (Lipinski definition) is 0. The molecule has 3 aromatic rings. The minimum Gasteiger partial charge on any atom is -0.496 e. The maximum absolute atomic E-state index is 13.5. The van der Waals surface area contributed by atoms with E-state index >= 15 is 0 Å². The number of carbonyl (C=O) groups is 1. The second kappa shape index (κ2) is 9.83. The van der Waals surface area contributed by atoms with Crippen LogP contribution in [-0.2, 0) is 9.53 Å². The first-order valence-electron chi connectivity index (χ1n) is 10.6. The molecule has 0 spiro atoms. The lowest BCUT2D eigenvalue weighted by Crippen LogP contribution is -2.40. The van der Waals surface area contributed by atoms with Crippen LogP contribution < -0.4 is 19.6 Å². The normalized spacial score (nSPS) is 16.0. The first-order chi connectivity index (χ1) is 16.0. The van der Waals surface area contributed by atoms with Gasteiger partial charge in [-0.25, -0.2) is 9.79 Å².